The van der Waals surface area contributed by atoms with Crippen molar-refractivity contribution in [2.24, 2.45) is 0 Å². The van der Waals surface area contributed by atoms with E-state index in [1.807, 2.05) is 0 Å². The van der Waals surface area contributed by atoms with Crippen LogP contribution in [0.15, 0.2) is 0 Å². The molecule has 0 aromatic heterocycles. The molecule has 0 saturated carbocycles. The molecular weight excluding hydrogens is 212 g/mol. The zero-order chi connectivity index (χ0) is 8.57. The van der Waals surface area contributed by atoms with Gasteiger partial charge in [-0.15, -0.1) is 0 Å². The van der Waals surface area contributed by atoms with E-state index in [-0.39, 0.29) is 102 Å². The Hall–Kier alpha value is 2.82. The zero-order valence-corrected chi connectivity index (χ0v) is 14.1. The van der Waals surface area contributed by atoms with Gasteiger partial charge in [0.1, 0.15) is 6.10 Å². The summed E-state index contributed by atoms with van der Waals surface area (Å²) in [6.45, 7) is -0.729. The van der Waals surface area contributed by atoms with Crippen molar-refractivity contribution < 1.29 is 119 Å². The summed E-state index contributed by atoms with van der Waals surface area (Å²) in [6.07, 6.45) is -0.954. The molecule has 3 N–H and O–H groups in total. The monoisotopic (exact) mass is 220 g/mol. The molecule has 0 amide bonds. The molecule has 0 saturated heterocycles. The summed E-state index contributed by atoms with van der Waals surface area (Å²) in [6, 6.07) is 0. The molecule has 0 unspecified atom stereocenters. The van der Waals surface area contributed by atoms with E-state index in [2.05, 4.69) is 0 Å². The van der Waals surface area contributed by atoms with Gasteiger partial charge in [0, 0.05) is 0 Å². The van der Waals surface area contributed by atoms with Crippen molar-refractivity contribution in [3.8, 4) is 0 Å². The van der Waals surface area contributed by atoms with E-state index in [0.29, 0.717) is 0 Å². The number of aliphatic hydroxyl groups excluding tert-OH is 3. The van der Waals surface area contributed by atoms with Gasteiger partial charge in [0.15, 0.2) is 0 Å². The molecule has 6 nitrogen and oxygen atoms in total. The van der Waals surface area contributed by atoms with Crippen molar-refractivity contribution >= 4 is 7.32 Å². The maximum absolute atomic E-state index is 8.42. The molecule has 13 heavy (non-hydrogen) atoms. The summed E-state index contributed by atoms with van der Waals surface area (Å²) in [7, 11) is -2.92. The van der Waals surface area contributed by atoms with Gasteiger partial charge < -0.3 is 30.4 Å². The fraction of sp³-hybridized carbons (Fsp3) is 1.00. The Bertz CT molecular complexity index is 62.3. The average molecular weight is 220 g/mol. The van der Waals surface area contributed by atoms with Crippen LogP contribution >= 0.6 is 0 Å². The van der Waals surface area contributed by atoms with Gasteiger partial charge in [-0.3, -0.25) is 7.32 Å². The van der Waals surface area contributed by atoms with E-state index in [1.54, 1.807) is 0 Å². The zero-order valence-electron chi connectivity index (χ0n) is 8.14. The first-order valence-electron chi connectivity index (χ1n) is 2.41. The fourth-order valence-corrected chi connectivity index (χ4v) is 0.0577. The Kier molecular flexibility index (Phi) is 55.2. The molecule has 0 aliphatic rings. The molecule has 0 bridgehead atoms. The first-order chi connectivity index (χ1) is 4.54. The average Bonchev–Trinajstić information content (AvgIpc) is 1.85. The fourth-order valence-electron chi connectivity index (χ4n) is 0.0577. The van der Waals surface area contributed by atoms with Crippen LogP contribution in [0.5, 0.6) is 0 Å². The van der Waals surface area contributed by atoms with Crippen molar-refractivity contribution in [2.45, 2.75) is 6.10 Å². The van der Waals surface area contributed by atoms with Crippen LogP contribution in [-0.2, 0) is 0 Å². The first kappa shape index (κ1) is 29.7. The van der Waals surface area contributed by atoms with Crippen molar-refractivity contribution in [2.75, 3.05) is 13.2 Å². The van der Waals surface area contributed by atoms with Crippen LogP contribution in [0.25, 0.3) is 0 Å². The molecule has 0 atom stereocenters. The molecule has 0 heterocycles. The van der Waals surface area contributed by atoms with Gasteiger partial charge in [-0.2, -0.15) is 0 Å². The molecule has 0 aromatic carbocycles. The Morgan fingerprint density at radius 2 is 1.08 bits per heavy atom. The van der Waals surface area contributed by atoms with E-state index in [0.717, 1.165) is 0 Å². The van der Waals surface area contributed by atoms with Crippen LogP contribution in [0.1, 0.15) is 0 Å². The SMILES string of the molecule is OCC(O)CO.[Na+].[Na+].[Na+].[O-]B([O-])[O-]. The standard InChI is InChI=1S/C3H8O3.BO3.3Na/c4-1-3(6)2-5;2-1(3)4;;;/h3-6H,1-2H2;;;;/q;-3;3*+1. The summed E-state index contributed by atoms with van der Waals surface area (Å²) in [4.78, 5) is 0. The van der Waals surface area contributed by atoms with E-state index in [9.17, 15) is 0 Å². The minimum absolute atomic E-state index is 0. The Morgan fingerprint density at radius 3 is 1.08 bits per heavy atom. The van der Waals surface area contributed by atoms with Gasteiger partial charge in [-0.1, -0.05) is 0 Å². The first-order valence-corrected chi connectivity index (χ1v) is 2.41. The molecule has 0 fully saturated rings. The topological polar surface area (TPSA) is 130 Å². The van der Waals surface area contributed by atoms with Crippen molar-refractivity contribution in [1.29, 1.82) is 0 Å². The number of aliphatic hydroxyl groups is 3. The number of hydrogen-bond acceptors (Lipinski definition) is 6. The van der Waals surface area contributed by atoms with E-state index >= 15 is 0 Å². The Balaban J connectivity index is -0.0000000279. The van der Waals surface area contributed by atoms with Gasteiger partial charge >= 0.3 is 88.7 Å². The minimum Gasteiger partial charge on any atom is -0.907 e. The van der Waals surface area contributed by atoms with Crippen LogP contribution in [-0.4, -0.2) is 42.0 Å². The van der Waals surface area contributed by atoms with Crippen molar-refractivity contribution in [1.82, 2.24) is 0 Å². The van der Waals surface area contributed by atoms with E-state index in [4.69, 9.17) is 30.4 Å². The van der Waals surface area contributed by atoms with E-state index < -0.39 is 13.4 Å². The Morgan fingerprint density at radius 1 is 0.923 bits per heavy atom. The summed E-state index contributed by atoms with van der Waals surface area (Å²) in [5.74, 6) is 0. The summed E-state index contributed by atoms with van der Waals surface area (Å²) >= 11 is 0. The summed E-state index contributed by atoms with van der Waals surface area (Å²) < 4.78 is 0. The van der Waals surface area contributed by atoms with Gasteiger partial charge in [-0.05, 0) is 0 Å². The molecule has 0 aliphatic heterocycles. The van der Waals surface area contributed by atoms with Gasteiger partial charge in [0.25, 0.3) is 0 Å². The van der Waals surface area contributed by atoms with Crippen molar-refractivity contribution in [3.05, 3.63) is 0 Å². The quantitative estimate of drug-likeness (QED) is 0.396. The number of rotatable bonds is 2. The summed E-state index contributed by atoms with van der Waals surface area (Å²) in [5.41, 5.74) is 0. The predicted molar refractivity (Wildman–Crippen MR) is 25.9 cm³/mol. The predicted octanol–water partition coefficient (Wildman–Crippen LogP) is -14.6. The Labute approximate surface area is 143 Å². The second-order valence-corrected chi connectivity index (χ2v) is 1.31. The molecule has 62 valence electrons. The number of hydrogen-bond donors (Lipinski definition) is 3. The van der Waals surface area contributed by atoms with Gasteiger partial charge in [-0.25, -0.2) is 0 Å². The second-order valence-electron chi connectivity index (χ2n) is 1.31. The van der Waals surface area contributed by atoms with Crippen LogP contribution in [0, 0.1) is 0 Å². The normalized spacial score (nSPS) is 6.69. The maximum atomic E-state index is 8.42. The molecule has 0 rings (SSSR count). The third-order valence-corrected chi connectivity index (χ3v) is 0.421. The second kappa shape index (κ2) is 24.2. The molecule has 10 heteroatoms. The van der Waals surface area contributed by atoms with Crippen molar-refractivity contribution in [3.63, 3.8) is 0 Å². The largest absolute Gasteiger partial charge is 1.00 e. The van der Waals surface area contributed by atoms with Crippen LogP contribution in [0.3, 0.4) is 0 Å². The van der Waals surface area contributed by atoms with Crippen LogP contribution in [0.2, 0.25) is 0 Å². The minimum atomic E-state index is -2.92. The summed E-state index contributed by atoms with van der Waals surface area (Å²) in [5, 5.41) is 49.3. The van der Waals surface area contributed by atoms with Crippen LogP contribution in [0.4, 0.5) is 0 Å². The third kappa shape index (κ3) is 52.3. The molecular formula is C3H8BNa3O6. The third-order valence-electron chi connectivity index (χ3n) is 0.421. The maximum Gasteiger partial charge on any atom is 1.00 e. The van der Waals surface area contributed by atoms with Gasteiger partial charge in [0.05, 0.1) is 13.2 Å². The molecule has 0 aromatic rings. The smallest absolute Gasteiger partial charge is 0.907 e. The van der Waals surface area contributed by atoms with Crippen LogP contribution < -0.4 is 104 Å². The van der Waals surface area contributed by atoms with Gasteiger partial charge in [0.2, 0.25) is 0 Å². The molecule has 0 aliphatic carbocycles. The molecule has 0 spiro atoms. The van der Waals surface area contributed by atoms with E-state index in [1.165, 1.54) is 0 Å². The molecule has 0 radical (unpaired) electrons.